The van der Waals surface area contributed by atoms with Crippen molar-refractivity contribution in [3.05, 3.63) is 59.2 Å². The maximum atomic E-state index is 14.4. The Morgan fingerprint density at radius 1 is 1.11 bits per heavy atom. The molecular formula is C21H27N2O3P. The number of allylic oxidation sites excluding steroid dienone is 1. The summed E-state index contributed by atoms with van der Waals surface area (Å²) >= 11 is 0. The van der Waals surface area contributed by atoms with Crippen LogP contribution in [0.2, 0.25) is 0 Å². The minimum atomic E-state index is -3.04. The van der Waals surface area contributed by atoms with E-state index in [2.05, 4.69) is 44.0 Å². The predicted octanol–water partition coefficient (Wildman–Crippen LogP) is 4.09. The second kappa shape index (κ2) is 6.66. The highest BCUT2D eigenvalue weighted by Crippen LogP contribution is 2.56. The zero-order chi connectivity index (χ0) is 19.2. The van der Waals surface area contributed by atoms with Crippen molar-refractivity contribution in [3.63, 3.8) is 0 Å². The van der Waals surface area contributed by atoms with Gasteiger partial charge >= 0.3 is 0 Å². The average Bonchev–Trinajstić information content (AvgIpc) is 3.19. The summed E-state index contributed by atoms with van der Waals surface area (Å²) in [5.41, 5.74) is 3.79. The normalized spacial score (nSPS) is 23.4. The third kappa shape index (κ3) is 2.98. The number of nitrogens with zero attached hydrogens (tertiary/aromatic N) is 2. The Bertz CT molecular complexity index is 925. The molecule has 27 heavy (non-hydrogen) atoms. The summed E-state index contributed by atoms with van der Waals surface area (Å²) in [5, 5.41) is 0. The number of para-hydroxylation sites is 1. The molecule has 0 radical (unpaired) electrons. The van der Waals surface area contributed by atoms with E-state index in [1.807, 2.05) is 35.6 Å². The highest BCUT2D eigenvalue weighted by atomic mass is 31.2. The molecule has 2 aromatic rings. The first-order valence-corrected chi connectivity index (χ1v) is 11.1. The van der Waals surface area contributed by atoms with E-state index in [0.29, 0.717) is 31.8 Å². The van der Waals surface area contributed by atoms with Gasteiger partial charge in [-0.3, -0.25) is 4.57 Å². The van der Waals surface area contributed by atoms with Crippen molar-refractivity contribution in [2.75, 3.05) is 38.3 Å². The fourth-order valence-electron chi connectivity index (χ4n) is 4.12. The van der Waals surface area contributed by atoms with Gasteiger partial charge in [0.2, 0.25) is 7.29 Å². The van der Waals surface area contributed by atoms with E-state index in [-0.39, 0.29) is 5.41 Å². The van der Waals surface area contributed by atoms with Crippen LogP contribution in [0.4, 0.5) is 5.69 Å². The van der Waals surface area contributed by atoms with Crippen LogP contribution in [0.25, 0.3) is 0 Å². The number of morpholine rings is 1. The summed E-state index contributed by atoms with van der Waals surface area (Å²) in [6, 6.07) is 12.1. The monoisotopic (exact) mass is 386 g/mol. The molecule has 144 valence electrons. The molecule has 1 fully saturated rings. The first kappa shape index (κ1) is 18.5. The Hall–Kier alpha value is -1.81. The lowest BCUT2D eigenvalue weighted by atomic mass is 9.84. The van der Waals surface area contributed by atoms with E-state index in [4.69, 9.17) is 9.15 Å². The molecule has 1 atom stereocenters. The lowest BCUT2D eigenvalue weighted by Gasteiger charge is -2.33. The van der Waals surface area contributed by atoms with Crippen LogP contribution in [-0.4, -0.2) is 38.0 Å². The SMILES string of the molecule is Cc1ccc([P@](=O)(C=C2N(C)c3ccccc3C2(C)C)N2CCOCC2)o1. The minimum absolute atomic E-state index is 0.227. The smallest absolute Gasteiger partial charge is 0.236 e. The van der Waals surface area contributed by atoms with Crippen molar-refractivity contribution in [1.29, 1.82) is 0 Å². The average molecular weight is 386 g/mol. The van der Waals surface area contributed by atoms with Gasteiger partial charge < -0.3 is 14.1 Å². The molecule has 3 heterocycles. The van der Waals surface area contributed by atoms with Crippen molar-refractivity contribution < 1.29 is 13.7 Å². The lowest BCUT2D eigenvalue weighted by Crippen LogP contribution is -2.36. The van der Waals surface area contributed by atoms with Gasteiger partial charge in [0.05, 0.1) is 13.2 Å². The number of fused-ring (bicyclic) bond motifs is 1. The number of benzene rings is 1. The van der Waals surface area contributed by atoms with Gasteiger partial charge in [0.25, 0.3) is 0 Å². The van der Waals surface area contributed by atoms with Crippen LogP contribution in [0.1, 0.15) is 25.2 Å². The first-order valence-electron chi connectivity index (χ1n) is 9.40. The largest absolute Gasteiger partial charge is 0.457 e. The van der Waals surface area contributed by atoms with E-state index < -0.39 is 7.29 Å². The van der Waals surface area contributed by atoms with Crippen LogP contribution in [-0.2, 0) is 14.7 Å². The minimum Gasteiger partial charge on any atom is -0.457 e. The number of ether oxygens (including phenoxy) is 1. The lowest BCUT2D eigenvalue weighted by molar-refractivity contribution is 0.0729. The Balaban J connectivity index is 1.86. The summed E-state index contributed by atoms with van der Waals surface area (Å²) in [4.78, 5) is 2.16. The topological polar surface area (TPSA) is 45.9 Å². The molecule has 1 saturated heterocycles. The molecule has 6 heteroatoms. The second-order valence-electron chi connectivity index (χ2n) is 7.79. The van der Waals surface area contributed by atoms with Crippen LogP contribution in [0.5, 0.6) is 0 Å². The molecule has 1 aromatic heterocycles. The van der Waals surface area contributed by atoms with Crippen molar-refractivity contribution >= 4 is 18.5 Å². The van der Waals surface area contributed by atoms with Crippen molar-refractivity contribution in [3.8, 4) is 0 Å². The second-order valence-corrected chi connectivity index (χ2v) is 10.3. The maximum absolute atomic E-state index is 14.4. The molecule has 0 spiro atoms. The van der Waals surface area contributed by atoms with E-state index in [1.165, 1.54) is 5.56 Å². The van der Waals surface area contributed by atoms with Crippen LogP contribution in [0.3, 0.4) is 0 Å². The highest BCUT2D eigenvalue weighted by Gasteiger charge is 2.43. The molecule has 4 rings (SSSR count). The molecule has 0 bridgehead atoms. The van der Waals surface area contributed by atoms with E-state index in [9.17, 15) is 4.57 Å². The molecule has 2 aliphatic heterocycles. The molecule has 2 aliphatic rings. The van der Waals surface area contributed by atoms with E-state index in [0.717, 1.165) is 17.1 Å². The molecule has 0 unspecified atom stereocenters. The quantitative estimate of drug-likeness (QED) is 0.744. The highest BCUT2D eigenvalue weighted by molar-refractivity contribution is 7.72. The van der Waals surface area contributed by atoms with Gasteiger partial charge in [0.1, 0.15) is 5.76 Å². The van der Waals surface area contributed by atoms with Crippen LogP contribution < -0.4 is 10.4 Å². The standard InChI is InChI=1S/C21H27N2O3P/c1-16-9-10-20(26-16)27(24,23-11-13-25-14-12-23)15-19-21(2,3)17-7-5-6-8-18(17)22(19)4/h5-10,15H,11-14H2,1-4H3/t27-/m1/s1. The van der Waals surface area contributed by atoms with Gasteiger partial charge in [-0.15, -0.1) is 0 Å². The molecule has 1 aromatic carbocycles. The number of likely N-dealkylation sites (N-methyl/N-ethyl adjacent to an activating group) is 1. The van der Waals surface area contributed by atoms with Crippen molar-refractivity contribution in [1.82, 2.24) is 4.67 Å². The van der Waals surface area contributed by atoms with Crippen molar-refractivity contribution in [2.45, 2.75) is 26.2 Å². The zero-order valence-corrected chi connectivity index (χ0v) is 17.3. The molecule has 0 N–H and O–H groups in total. The molecule has 5 nitrogen and oxygen atoms in total. The number of furan rings is 1. The summed E-state index contributed by atoms with van der Waals surface area (Å²) < 4.78 is 27.8. The van der Waals surface area contributed by atoms with Crippen LogP contribution in [0, 0.1) is 6.92 Å². The summed E-state index contributed by atoms with van der Waals surface area (Å²) in [5.74, 6) is 2.75. The third-order valence-corrected chi connectivity index (χ3v) is 8.39. The number of aryl methyl sites for hydroxylation is 1. The molecule has 0 aliphatic carbocycles. The Kier molecular flexibility index (Phi) is 4.58. The first-order chi connectivity index (χ1) is 12.8. The van der Waals surface area contributed by atoms with Gasteiger partial charge in [-0.25, -0.2) is 4.67 Å². The van der Waals surface area contributed by atoms with Gasteiger partial charge in [-0.05, 0) is 30.7 Å². The van der Waals surface area contributed by atoms with E-state index >= 15 is 0 Å². The van der Waals surface area contributed by atoms with Gasteiger partial charge in [-0.1, -0.05) is 32.0 Å². The Labute approximate surface area is 161 Å². The zero-order valence-electron chi connectivity index (χ0n) is 16.4. The third-order valence-electron chi connectivity index (χ3n) is 5.69. The van der Waals surface area contributed by atoms with Gasteiger partial charge in [-0.2, -0.15) is 0 Å². The van der Waals surface area contributed by atoms with Crippen LogP contribution in [0.15, 0.2) is 52.3 Å². The van der Waals surface area contributed by atoms with Crippen molar-refractivity contribution in [2.24, 2.45) is 0 Å². The van der Waals surface area contributed by atoms with E-state index in [1.54, 1.807) is 0 Å². The van der Waals surface area contributed by atoms with Crippen LogP contribution >= 0.6 is 7.29 Å². The van der Waals surface area contributed by atoms with Gasteiger partial charge in [0.15, 0.2) is 5.50 Å². The summed E-state index contributed by atoms with van der Waals surface area (Å²) in [6.45, 7) is 8.73. The number of hydrogen-bond donors (Lipinski definition) is 0. The molecular weight excluding hydrogens is 359 g/mol. The molecule has 0 amide bonds. The molecule has 0 saturated carbocycles. The fourth-order valence-corrected chi connectivity index (χ4v) is 6.84. The number of anilines is 1. The Morgan fingerprint density at radius 3 is 2.44 bits per heavy atom. The maximum Gasteiger partial charge on any atom is 0.236 e. The number of rotatable bonds is 3. The summed E-state index contributed by atoms with van der Waals surface area (Å²) in [6.07, 6.45) is 0. The number of hydrogen-bond acceptors (Lipinski definition) is 4. The van der Waals surface area contributed by atoms with Gasteiger partial charge in [0, 0.05) is 42.8 Å². The fraction of sp³-hybridized carbons (Fsp3) is 0.429. The predicted molar refractivity (Wildman–Crippen MR) is 109 cm³/mol. The summed E-state index contributed by atoms with van der Waals surface area (Å²) in [7, 11) is -0.986. The Morgan fingerprint density at radius 2 is 1.81 bits per heavy atom.